The van der Waals surface area contributed by atoms with Gasteiger partial charge in [0.2, 0.25) is 5.91 Å². The maximum absolute atomic E-state index is 12.4. The lowest BCUT2D eigenvalue weighted by Crippen LogP contribution is -2.45. The minimum atomic E-state index is -0.846. The highest BCUT2D eigenvalue weighted by atomic mass is 16.5. The Balaban J connectivity index is 3.40. The molecule has 366 valence electrons. The molecule has 0 aliphatic rings. The van der Waals surface area contributed by atoms with Gasteiger partial charge in [-0.25, -0.2) is 0 Å². The van der Waals surface area contributed by atoms with E-state index in [1.807, 2.05) is 6.08 Å². The van der Waals surface area contributed by atoms with E-state index in [9.17, 15) is 19.8 Å². The van der Waals surface area contributed by atoms with E-state index in [1.165, 1.54) is 225 Å². The Morgan fingerprint density at radius 3 is 1.15 bits per heavy atom. The number of aliphatic hydroxyl groups excluding tert-OH is 2. The number of rotatable bonds is 51. The molecule has 6 nitrogen and oxygen atoms in total. The van der Waals surface area contributed by atoms with Crippen LogP contribution in [0.3, 0.4) is 0 Å². The standard InChI is InChI=1S/C56H107NO5/c1-3-5-7-9-11-13-15-16-17-18-21-24-27-30-34-38-42-46-50-56(61)62-51-47-43-39-35-31-28-25-22-19-20-23-26-29-33-37-41-45-49-55(60)57-53(52-58)54(59)48-44-40-36-32-14-12-10-8-6-4-2/h17-18,44,48,53-54,58-59H,3-16,19-43,45-47,49-52H2,1-2H3,(H,57,60)/b18-17-,48-44+. The Kier molecular flexibility index (Phi) is 50.6. The predicted octanol–water partition coefficient (Wildman–Crippen LogP) is 16.7. The number of amides is 1. The van der Waals surface area contributed by atoms with Gasteiger partial charge in [0.05, 0.1) is 25.4 Å². The second kappa shape index (κ2) is 52.0. The second-order valence-corrected chi connectivity index (χ2v) is 18.9. The molecule has 3 N–H and O–H groups in total. The van der Waals surface area contributed by atoms with Gasteiger partial charge in [-0.2, -0.15) is 0 Å². The molecule has 0 heterocycles. The average molecular weight is 874 g/mol. The van der Waals surface area contributed by atoms with E-state index in [0.29, 0.717) is 19.4 Å². The molecule has 62 heavy (non-hydrogen) atoms. The minimum absolute atomic E-state index is 0.00127. The molecule has 0 bridgehead atoms. The summed E-state index contributed by atoms with van der Waals surface area (Å²) in [5.74, 6) is -0.0738. The first kappa shape index (κ1) is 60.3. The van der Waals surface area contributed by atoms with Crippen LogP contribution >= 0.6 is 0 Å². The molecule has 0 radical (unpaired) electrons. The highest BCUT2D eigenvalue weighted by molar-refractivity contribution is 5.76. The topological polar surface area (TPSA) is 95.9 Å². The summed E-state index contributed by atoms with van der Waals surface area (Å²) in [6.45, 7) is 4.87. The van der Waals surface area contributed by atoms with Gasteiger partial charge in [-0.05, 0) is 57.8 Å². The highest BCUT2D eigenvalue weighted by Crippen LogP contribution is 2.16. The number of nitrogens with one attached hydrogen (secondary N) is 1. The molecule has 2 unspecified atom stereocenters. The summed E-state index contributed by atoms with van der Waals surface area (Å²) in [4.78, 5) is 24.5. The molecule has 0 spiro atoms. The van der Waals surface area contributed by atoms with E-state index in [1.54, 1.807) is 6.08 Å². The highest BCUT2D eigenvalue weighted by Gasteiger charge is 2.18. The number of hydrogen-bond donors (Lipinski definition) is 3. The SMILES string of the molecule is CCCCCCCCC/C=C\CCCCCCCCCC(=O)OCCCCCCCCCCCCCCCCCCCC(=O)NC(CO)C(O)/C=C/CCCCCCCCCC. The van der Waals surface area contributed by atoms with E-state index in [0.717, 1.165) is 44.9 Å². The van der Waals surface area contributed by atoms with E-state index in [4.69, 9.17) is 4.74 Å². The van der Waals surface area contributed by atoms with Crippen molar-refractivity contribution >= 4 is 11.9 Å². The van der Waals surface area contributed by atoms with Gasteiger partial charge in [0.15, 0.2) is 0 Å². The summed E-state index contributed by atoms with van der Waals surface area (Å²) in [5.41, 5.74) is 0. The van der Waals surface area contributed by atoms with Crippen molar-refractivity contribution in [2.24, 2.45) is 0 Å². The summed E-state index contributed by atoms with van der Waals surface area (Å²) in [5, 5.41) is 22.9. The van der Waals surface area contributed by atoms with Crippen LogP contribution in [-0.4, -0.2) is 47.4 Å². The van der Waals surface area contributed by atoms with E-state index in [2.05, 4.69) is 31.3 Å². The molecule has 0 aromatic heterocycles. The van der Waals surface area contributed by atoms with Gasteiger partial charge in [0.1, 0.15) is 0 Å². The number of hydrogen-bond acceptors (Lipinski definition) is 5. The number of allylic oxidation sites excluding steroid dienone is 3. The van der Waals surface area contributed by atoms with Crippen molar-refractivity contribution in [3.05, 3.63) is 24.3 Å². The van der Waals surface area contributed by atoms with Crippen LogP contribution in [-0.2, 0) is 14.3 Å². The maximum atomic E-state index is 12.4. The molecule has 0 aromatic rings. The first-order valence-electron chi connectivity index (χ1n) is 27.6. The zero-order chi connectivity index (χ0) is 45.1. The third kappa shape index (κ3) is 47.8. The molecule has 1 amide bonds. The Morgan fingerprint density at radius 1 is 0.435 bits per heavy atom. The van der Waals surface area contributed by atoms with Gasteiger partial charge in [-0.15, -0.1) is 0 Å². The van der Waals surface area contributed by atoms with Crippen LogP contribution in [0.2, 0.25) is 0 Å². The molecule has 2 atom stereocenters. The fraction of sp³-hybridized carbons (Fsp3) is 0.893. The van der Waals surface area contributed by atoms with Crippen molar-refractivity contribution in [2.45, 2.75) is 309 Å². The van der Waals surface area contributed by atoms with E-state index in [-0.39, 0.29) is 18.5 Å². The summed E-state index contributed by atoms with van der Waals surface area (Å²) < 4.78 is 5.48. The summed E-state index contributed by atoms with van der Waals surface area (Å²) in [6.07, 6.45) is 61.9. The summed E-state index contributed by atoms with van der Waals surface area (Å²) in [7, 11) is 0. The van der Waals surface area contributed by atoms with Crippen LogP contribution in [0.4, 0.5) is 0 Å². The van der Waals surface area contributed by atoms with Crippen molar-refractivity contribution in [3.63, 3.8) is 0 Å². The van der Waals surface area contributed by atoms with Crippen LogP contribution in [0.5, 0.6) is 0 Å². The number of carbonyl (C=O) groups is 2. The number of esters is 1. The van der Waals surface area contributed by atoms with Crippen molar-refractivity contribution < 1.29 is 24.5 Å². The van der Waals surface area contributed by atoms with Gasteiger partial charge in [-0.3, -0.25) is 9.59 Å². The Bertz CT molecular complexity index is 966. The van der Waals surface area contributed by atoms with Crippen LogP contribution in [0.25, 0.3) is 0 Å². The molecule has 0 aromatic carbocycles. The van der Waals surface area contributed by atoms with Crippen LogP contribution in [0.15, 0.2) is 24.3 Å². The predicted molar refractivity (Wildman–Crippen MR) is 269 cm³/mol. The minimum Gasteiger partial charge on any atom is -0.466 e. The van der Waals surface area contributed by atoms with Gasteiger partial charge >= 0.3 is 5.97 Å². The smallest absolute Gasteiger partial charge is 0.305 e. The molecule has 0 saturated heterocycles. The molecular weight excluding hydrogens is 767 g/mol. The van der Waals surface area contributed by atoms with Gasteiger partial charge in [0, 0.05) is 12.8 Å². The third-order valence-corrected chi connectivity index (χ3v) is 12.7. The average Bonchev–Trinajstić information content (AvgIpc) is 3.27. The molecule has 0 saturated carbocycles. The van der Waals surface area contributed by atoms with Gasteiger partial charge in [-0.1, -0.05) is 250 Å². The molecule has 0 fully saturated rings. The Morgan fingerprint density at radius 2 is 0.758 bits per heavy atom. The van der Waals surface area contributed by atoms with Crippen molar-refractivity contribution in [1.29, 1.82) is 0 Å². The molecule has 6 heteroatoms. The molecular formula is C56H107NO5. The lowest BCUT2D eigenvalue weighted by Gasteiger charge is -2.20. The van der Waals surface area contributed by atoms with Crippen LogP contribution in [0.1, 0.15) is 296 Å². The monoisotopic (exact) mass is 874 g/mol. The summed E-state index contributed by atoms with van der Waals surface area (Å²) in [6, 6.07) is -0.630. The zero-order valence-electron chi connectivity index (χ0n) is 41.6. The normalized spacial score (nSPS) is 12.8. The number of ether oxygens (including phenoxy) is 1. The van der Waals surface area contributed by atoms with Gasteiger partial charge in [0.25, 0.3) is 0 Å². The fourth-order valence-corrected chi connectivity index (χ4v) is 8.45. The van der Waals surface area contributed by atoms with Crippen LogP contribution < -0.4 is 5.32 Å². The Labute approximate surface area is 386 Å². The largest absolute Gasteiger partial charge is 0.466 e. The van der Waals surface area contributed by atoms with Crippen LogP contribution in [0, 0.1) is 0 Å². The first-order valence-corrected chi connectivity index (χ1v) is 27.6. The third-order valence-electron chi connectivity index (χ3n) is 12.7. The first-order chi connectivity index (χ1) is 30.5. The van der Waals surface area contributed by atoms with Crippen molar-refractivity contribution in [2.75, 3.05) is 13.2 Å². The van der Waals surface area contributed by atoms with E-state index >= 15 is 0 Å². The molecule has 0 aliphatic heterocycles. The second-order valence-electron chi connectivity index (χ2n) is 18.9. The summed E-state index contributed by atoms with van der Waals surface area (Å²) >= 11 is 0. The maximum Gasteiger partial charge on any atom is 0.305 e. The quantitative estimate of drug-likeness (QED) is 0.0321. The lowest BCUT2D eigenvalue weighted by molar-refractivity contribution is -0.143. The number of unbranched alkanes of at least 4 members (excludes halogenated alkanes) is 38. The van der Waals surface area contributed by atoms with E-state index < -0.39 is 12.1 Å². The molecule has 0 rings (SSSR count). The lowest BCUT2D eigenvalue weighted by atomic mass is 10.0. The molecule has 0 aliphatic carbocycles. The number of carbonyl (C=O) groups excluding carboxylic acids is 2. The number of aliphatic hydroxyl groups is 2. The van der Waals surface area contributed by atoms with Gasteiger partial charge < -0.3 is 20.3 Å². The van der Waals surface area contributed by atoms with Crippen molar-refractivity contribution in [1.82, 2.24) is 5.32 Å². The fourth-order valence-electron chi connectivity index (χ4n) is 8.45. The Hall–Kier alpha value is -1.66. The zero-order valence-corrected chi connectivity index (χ0v) is 41.6. The van der Waals surface area contributed by atoms with Crippen molar-refractivity contribution in [3.8, 4) is 0 Å².